The molecule has 168 valence electrons. The van der Waals surface area contributed by atoms with Crippen LogP contribution in [0, 0.1) is 0 Å². The molecule has 33 heavy (non-hydrogen) atoms. The minimum Gasteiger partial charge on any atom is -0.497 e. The second-order valence-electron chi connectivity index (χ2n) is 6.64. The zero-order valence-corrected chi connectivity index (χ0v) is 18.3. The van der Waals surface area contributed by atoms with Gasteiger partial charge in [0.1, 0.15) is 11.5 Å². The maximum absolute atomic E-state index is 12.2. The summed E-state index contributed by atoms with van der Waals surface area (Å²) in [4.78, 5) is 36.1. The lowest BCUT2D eigenvalue weighted by molar-refractivity contribution is -0.120. The van der Waals surface area contributed by atoms with Gasteiger partial charge in [0.05, 0.1) is 36.0 Å². The van der Waals surface area contributed by atoms with E-state index in [0.29, 0.717) is 27.6 Å². The number of benzene rings is 3. The minimum atomic E-state index is -0.503. The highest BCUT2D eigenvalue weighted by Gasteiger charge is 2.11. The summed E-state index contributed by atoms with van der Waals surface area (Å²) >= 11 is 5.95. The van der Waals surface area contributed by atoms with Crippen molar-refractivity contribution >= 4 is 35.6 Å². The van der Waals surface area contributed by atoms with Crippen molar-refractivity contribution in [3.05, 3.63) is 94.5 Å². The van der Waals surface area contributed by atoms with Crippen molar-refractivity contribution in [1.82, 2.24) is 10.7 Å². The molecule has 0 saturated carbocycles. The second-order valence-corrected chi connectivity index (χ2v) is 7.05. The van der Waals surface area contributed by atoms with Gasteiger partial charge in [-0.25, -0.2) is 10.2 Å². The summed E-state index contributed by atoms with van der Waals surface area (Å²) in [5.74, 6) is -0.453. The quantitative estimate of drug-likeness (QED) is 0.229. The Bertz CT molecular complexity index is 1160. The third kappa shape index (κ3) is 6.91. The minimum absolute atomic E-state index is 0.262. The molecule has 3 aromatic carbocycles. The average Bonchev–Trinajstić information content (AvgIpc) is 2.84. The fourth-order valence-electron chi connectivity index (χ4n) is 2.63. The number of hydrazone groups is 1. The maximum Gasteiger partial charge on any atom is 0.343 e. The molecule has 2 N–H and O–H groups in total. The van der Waals surface area contributed by atoms with Crippen molar-refractivity contribution < 1.29 is 23.9 Å². The van der Waals surface area contributed by atoms with Crippen LogP contribution in [-0.4, -0.2) is 37.7 Å². The van der Waals surface area contributed by atoms with Crippen LogP contribution in [0.4, 0.5) is 0 Å². The van der Waals surface area contributed by atoms with Crippen LogP contribution in [0.3, 0.4) is 0 Å². The van der Waals surface area contributed by atoms with Crippen LogP contribution in [0.1, 0.15) is 26.3 Å². The van der Waals surface area contributed by atoms with Gasteiger partial charge in [0.25, 0.3) is 11.8 Å². The molecule has 0 saturated heterocycles. The molecule has 0 heterocycles. The number of amides is 2. The smallest absolute Gasteiger partial charge is 0.343 e. The van der Waals surface area contributed by atoms with Gasteiger partial charge >= 0.3 is 5.97 Å². The number of rotatable bonds is 8. The Balaban J connectivity index is 1.45. The lowest BCUT2D eigenvalue weighted by atomic mass is 10.2. The molecule has 0 spiro atoms. The van der Waals surface area contributed by atoms with E-state index < -0.39 is 17.8 Å². The first-order valence-electron chi connectivity index (χ1n) is 9.77. The largest absolute Gasteiger partial charge is 0.497 e. The summed E-state index contributed by atoms with van der Waals surface area (Å²) in [6, 6.07) is 19.7. The fourth-order valence-corrected chi connectivity index (χ4v) is 2.86. The van der Waals surface area contributed by atoms with Crippen LogP contribution < -0.4 is 20.2 Å². The summed E-state index contributed by atoms with van der Waals surface area (Å²) < 4.78 is 10.4. The molecule has 0 bridgehead atoms. The van der Waals surface area contributed by atoms with E-state index in [4.69, 9.17) is 21.1 Å². The molecule has 2 amide bonds. The SMILES string of the molecule is COc1ccc(C(=O)Oc2ccc(C=NNC(=O)CNC(=O)c3ccccc3Cl)cc2)cc1. The van der Waals surface area contributed by atoms with E-state index in [2.05, 4.69) is 15.8 Å². The lowest BCUT2D eigenvalue weighted by Gasteiger charge is -2.06. The van der Waals surface area contributed by atoms with E-state index in [1.54, 1.807) is 79.9 Å². The molecule has 0 aliphatic carbocycles. The lowest BCUT2D eigenvalue weighted by Crippen LogP contribution is -2.35. The number of halogens is 1. The van der Waals surface area contributed by atoms with Gasteiger partial charge in [-0.15, -0.1) is 0 Å². The van der Waals surface area contributed by atoms with E-state index in [-0.39, 0.29) is 12.1 Å². The number of carbonyl (C=O) groups is 3. The molecule has 0 atom stereocenters. The molecular weight excluding hydrogens is 446 g/mol. The maximum atomic E-state index is 12.2. The van der Waals surface area contributed by atoms with E-state index in [1.807, 2.05) is 0 Å². The Morgan fingerprint density at radius 2 is 1.61 bits per heavy atom. The summed E-state index contributed by atoms with van der Waals surface area (Å²) in [5, 5.41) is 6.61. The summed E-state index contributed by atoms with van der Waals surface area (Å²) in [7, 11) is 1.55. The molecule has 0 aliphatic rings. The van der Waals surface area contributed by atoms with Crippen molar-refractivity contribution in [3.8, 4) is 11.5 Å². The number of hydrogen-bond donors (Lipinski definition) is 2. The zero-order chi connectivity index (χ0) is 23.6. The van der Waals surface area contributed by atoms with Gasteiger partial charge in [0, 0.05) is 0 Å². The normalized spacial score (nSPS) is 10.5. The predicted octanol–water partition coefficient (Wildman–Crippen LogP) is 3.45. The van der Waals surface area contributed by atoms with Crippen LogP contribution in [0.25, 0.3) is 0 Å². The number of ether oxygens (including phenoxy) is 2. The molecular formula is C24H20ClN3O5. The third-order valence-corrected chi connectivity index (χ3v) is 4.68. The van der Waals surface area contributed by atoms with Crippen LogP contribution in [0.15, 0.2) is 77.9 Å². The number of hydrogen-bond acceptors (Lipinski definition) is 6. The number of nitrogens with zero attached hydrogens (tertiary/aromatic N) is 1. The molecule has 0 fully saturated rings. The highest BCUT2D eigenvalue weighted by Crippen LogP contribution is 2.16. The standard InChI is InChI=1S/C24H20ClN3O5/c1-32-18-12-8-17(9-13-18)24(31)33-19-10-6-16(7-11-19)14-27-28-22(29)15-26-23(30)20-4-2-3-5-21(20)25/h2-14H,15H2,1H3,(H,26,30)(H,28,29). The Kier molecular flexibility index (Phi) is 8.15. The first-order chi connectivity index (χ1) is 16.0. The Morgan fingerprint density at radius 1 is 0.939 bits per heavy atom. The van der Waals surface area contributed by atoms with Crippen molar-refractivity contribution in [2.24, 2.45) is 5.10 Å². The average molecular weight is 466 g/mol. The van der Waals surface area contributed by atoms with Crippen LogP contribution >= 0.6 is 11.6 Å². The summed E-state index contributed by atoms with van der Waals surface area (Å²) in [6.07, 6.45) is 1.42. The summed E-state index contributed by atoms with van der Waals surface area (Å²) in [6.45, 7) is -0.262. The first kappa shape index (κ1) is 23.5. The molecule has 3 aromatic rings. The van der Waals surface area contributed by atoms with E-state index in [0.717, 1.165) is 0 Å². The van der Waals surface area contributed by atoms with Gasteiger partial charge in [-0.2, -0.15) is 5.10 Å². The van der Waals surface area contributed by atoms with Gasteiger partial charge in [-0.05, 0) is 66.2 Å². The van der Waals surface area contributed by atoms with E-state index >= 15 is 0 Å². The van der Waals surface area contributed by atoms with Crippen LogP contribution in [-0.2, 0) is 4.79 Å². The van der Waals surface area contributed by atoms with Gasteiger partial charge in [0.15, 0.2) is 0 Å². The highest BCUT2D eigenvalue weighted by atomic mass is 35.5. The molecule has 0 aromatic heterocycles. The van der Waals surface area contributed by atoms with Crippen molar-refractivity contribution in [1.29, 1.82) is 0 Å². The van der Waals surface area contributed by atoms with Crippen LogP contribution in [0.2, 0.25) is 5.02 Å². The van der Waals surface area contributed by atoms with Gasteiger partial charge in [0.2, 0.25) is 0 Å². The number of nitrogens with one attached hydrogen (secondary N) is 2. The highest BCUT2D eigenvalue weighted by molar-refractivity contribution is 6.33. The Labute approximate surface area is 195 Å². The first-order valence-corrected chi connectivity index (χ1v) is 10.1. The van der Waals surface area contributed by atoms with Gasteiger partial charge in [-0.1, -0.05) is 23.7 Å². The molecule has 0 aliphatic heterocycles. The third-order valence-electron chi connectivity index (χ3n) is 4.35. The number of methoxy groups -OCH3 is 1. The molecule has 9 heteroatoms. The molecule has 0 radical (unpaired) electrons. The monoisotopic (exact) mass is 465 g/mol. The fraction of sp³-hybridized carbons (Fsp3) is 0.0833. The van der Waals surface area contributed by atoms with E-state index in [9.17, 15) is 14.4 Å². The second kappa shape index (κ2) is 11.4. The number of carbonyl (C=O) groups excluding carboxylic acids is 3. The summed E-state index contributed by atoms with van der Waals surface area (Å²) in [5.41, 5.74) is 3.66. The molecule has 0 unspecified atom stereocenters. The van der Waals surface area contributed by atoms with Gasteiger partial charge < -0.3 is 14.8 Å². The van der Waals surface area contributed by atoms with Gasteiger partial charge in [-0.3, -0.25) is 9.59 Å². The van der Waals surface area contributed by atoms with Crippen molar-refractivity contribution in [3.63, 3.8) is 0 Å². The number of esters is 1. The Morgan fingerprint density at radius 3 is 2.27 bits per heavy atom. The van der Waals surface area contributed by atoms with E-state index in [1.165, 1.54) is 6.21 Å². The van der Waals surface area contributed by atoms with Crippen molar-refractivity contribution in [2.75, 3.05) is 13.7 Å². The van der Waals surface area contributed by atoms with Crippen molar-refractivity contribution in [2.45, 2.75) is 0 Å². The molecule has 8 nitrogen and oxygen atoms in total. The predicted molar refractivity (Wildman–Crippen MR) is 124 cm³/mol. The Hall–Kier alpha value is -4.17. The zero-order valence-electron chi connectivity index (χ0n) is 17.6. The molecule has 3 rings (SSSR count). The topological polar surface area (TPSA) is 106 Å². The van der Waals surface area contributed by atoms with Crippen LogP contribution in [0.5, 0.6) is 11.5 Å².